The number of aromatic amines is 2. The van der Waals surface area contributed by atoms with Crippen LogP contribution in [0.4, 0.5) is 4.79 Å². The molecule has 2 aliphatic heterocycles. The Balaban J connectivity index is 0.784. The van der Waals surface area contributed by atoms with Crippen LogP contribution in [0.3, 0.4) is 0 Å². The van der Waals surface area contributed by atoms with Crippen LogP contribution >= 0.6 is 0 Å². The molecule has 9 atom stereocenters. The van der Waals surface area contributed by atoms with Gasteiger partial charge in [-0.1, -0.05) is 129 Å². The number of hydrogen-bond donors (Lipinski definition) is 5. The van der Waals surface area contributed by atoms with E-state index >= 15 is 0 Å². The van der Waals surface area contributed by atoms with Crippen molar-refractivity contribution in [1.29, 1.82) is 0 Å². The van der Waals surface area contributed by atoms with Gasteiger partial charge in [0.2, 0.25) is 18.2 Å². The fraction of sp³-hybridized carbons (Fsp3) is 0.422. The van der Waals surface area contributed by atoms with Crippen LogP contribution in [-0.2, 0) is 44.7 Å². The largest absolute Gasteiger partial charge is 0.453 e. The number of nitrogens with zero attached hydrogens (tertiary/aromatic N) is 4. The van der Waals surface area contributed by atoms with Gasteiger partial charge in [0, 0.05) is 42.7 Å². The predicted octanol–water partition coefficient (Wildman–Crippen LogP) is 11.1. The van der Waals surface area contributed by atoms with Gasteiger partial charge in [0.05, 0.1) is 30.6 Å². The van der Waals surface area contributed by atoms with Crippen molar-refractivity contribution < 1.29 is 29.0 Å². The third kappa shape index (κ3) is 10.6. The fourth-order valence-electron chi connectivity index (χ4n) is 13.6. The minimum absolute atomic E-state index is 0.0818. The molecule has 6 aromatic rings. The molecular formula is C64H74N8O6. The molecule has 4 heterocycles. The van der Waals surface area contributed by atoms with E-state index in [0.29, 0.717) is 23.0 Å². The molecular weight excluding hydrogens is 977 g/mol. The Labute approximate surface area is 458 Å². The number of fused-ring (bicyclic) bond motifs is 2. The van der Waals surface area contributed by atoms with Gasteiger partial charge in [0.15, 0.2) is 0 Å². The van der Waals surface area contributed by atoms with Crippen molar-refractivity contribution in [2.45, 2.75) is 146 Å². The molecule has 4 aromatic carbocycles. The summed E-state index contributed by atoms with van der Waals surface area (Å²) in [5.74, 6) is 2.03. The summed E-state index contributed by atoms with van der Waals surface area (Å²) in [6.45, 7) is 11.7. The summed E-state index contributed by atoms with van der Waals surface area (Å²) in [6.07, 6.45) is 15.7. The van der Waals surface area contributed by atoms with E-state index in [9.17, 15) is 19.5 Å². The highest BCUT2D eigenvalue weighted by atomic mass is 16.6. The number of aliphatic hydroxyl groups excluding tert-OH is 1. The van der Waals surface area contributed by atoms with Crippen molar-refractivity contribution in [3.05, 3.63) is 156 Å². The zero-order chi connectivity index (χ0) is 54.2. The van der Waals surface area contributed by atoms with E-state index in [1.165, 1.54) is 58.7 Å². The molecule has 406 valence electrons. The van der Waals surface area contributed by atoms with Crippen LogP contribution in [-0.4, -0.2) is 97.6 Å². The maximum atomic E-state index is 14.4. The Morgan fingerprint density at radius 1 is 0.615 bits per heavy atom. The molecule has 2 saturated heterocycles. The van der Waals surface area contributed by atoms with E-state index in [-0.39, 0.29) is 36.0 Å². The molecule has 0 radical (unpaired) electrons. The quantitative estimate of drug-likeness (QED) is 0.0525. The molecule has 14 heteroatoms. The van der Waals surface area contributed by atoms with Crippen LogP contribution < -0.4 is 10.6 Å². The number of aryl methyl sites for hydroxylation is 4. The summed E-state index contributed by atoms with van der Waals surface area (Å²) in [4.78, 5) is 62.2. The number of likely N-dealkylation sites (tertiary alicyclic amines) is 2. The Hall–Kier alpha value is -7.13. The van der Waals surface area contributed by atoms with Crippen molar-refractivity contribution in [3.63, 3.8) is 0 Å². The smallest absolute Gasteiger partial charge is 0.407 e. The zero-order valence-electron chi connectivity index (χ0n) is 45.5. The lowest BCUT2D eigenvalue weighted by Crippen LogP contribution is -2.53. The van der Waals surface area contributed by atoms with Gasteiger partial charge in [-0.2, -0.15) is 0 Å². The highest BCUT2D eigenvalue weighted by Gasteiger charge is 2.49. The number of benzene rings is 4. The second kappa shape index (κ2) is 22.7. The number of rotatable bonds is 14. The highest BCUT2D eigenvalue weighted by Crippen LogP contribution is 2.48. The number of hydrogen-bond acceptors (Lipinski definition) is 9. The minimum atomic E-state index is -1.29. The Morgan fingerprint density at radius 3 is 1.49 bits per heavy atom. The summed E-state index contributed by atoms with van der Waals surface area (Å²) in [5.41, 5.74) is 14.9. The van der Waals surface area contributed by atoms with E-state index < -0.39 is 24.6 Å². The van der Waals surface area contributed by atoms with Crippen LogP contribution in [0.2, 0.25) is 0 Å². The molecule has 3 amide bonds. The summed E-state index contributed by atoms with van der Waals surface area (Å²) >= 11 is 0. The highest BCUT2D eigenvalue weighted by molar-refractivity contribution is 5.89. The number of alkyl carbamates (subject to hydrolysis) is 1. The number of H-pyrrole nitrogens is 2. The maximum Gasteiger partial charge on any atom is 0.407 e. The summed E-state index contributed by atoms with van der Waals surface area (Å²) in [5, 5.41) is 15.9. The number of imidazole rings is 2. The first-order chi connectivity index (χ1) is 37.8. The first-order valence-corrected chi connectivity index (χ1v) is 28.2. The molecule has 0 spiro atoms. The van der Waals surface area contributed by atoms with Crippen LogP contribution in [0.25, 0.3) is 44.8 Å². The van der Waals surface area contributed by atoms with Crippen LogP contribution in [0.5, 0.6) is 0 Å². The molecule has 1 unspecified atom stereocenters. The van der Waals surface area contributed by atoms with Crippen molar-refractivity contribution in [2.24, 2.45) is 11.8 Å². The average molecular weight is 1050 g/mol. The van der Waals surface area contributed by atoms with Crippen LogP contribution in [0.15, 0.2) is 122 Å². The molecule has 2 saturated carbocycles. The van der Waals surface area contributed by atoms with Gasteiger partial charge < -0.3 is 39.7 Å². The Morgan fingerprint density at radius 2 is 1.05 bits per heavy atom. The third-order valence-electron chi connectivity index (χ3n) is 17.7. The Bertz CT molecular complexity index is 3200. The van der Waals surface area contributed by atoms with Gasteiger partial charge >= 0.3 is 6.09 Å². The maximum absolute atomic E-state index is 14.4. The zero-order valence-corrected chi connectivity index (χ0v) is 45.5. The van der Waals surface area contributed by atoms with E-state index in [4.69, 9.17) is 19.4 Å². The predicted molar refractivity (Wildman–Crippen MR) is 303 cm³/mol. The number of nitrogens with one attached hydrogen (secondary N) is 4. The minimum Gasteiger partial charge on any atom is -0.453 e. The number of aromatic nitrogens is 4. The van der Waals surface area contributed by atoms with Gasteiger partial charge in [-0.3, -0.25) is 14.9 Å². The second-order valence-corrected chi connectivity index (χ2v) is 22.6. The van der Waals surface area contributed by atoms with E-state index in [2.05, 4.69) is 119 Å². The van der Waals surface area contributed by atoms with E-state index in [0.717, 1.165) is 124 Å². The molecule has 14 nitrogen and oxygen atoms in total. The van der Waals surface area contributed by atoms with Crippen LogP contribution in [0, 0.1) is 11.8 Å². The SMILES string of the molecule is C=C(C)[C@H](NC(=O)OC)C(=O)N1[C@H](c2nc(-c3ccc(-c4cc5ccc4CCc4ccc(c(-c6ccc(-c7c[nH]c([C@@H]8C[C@@H]9CCCC[C@@H]9N8C(=O)[C@@H](NC(O)OC)C(=C)C)n7)cc6)c4)CC5)cc3)c[nH]2)C[C@@H]2CCCC[C@@H]21. The standard InChI is InChI=1S/C64H74N8O6/c1-37(2)57(69-63(75)77-5)61(73)71-53-13-9-7-11-47(53)33-55(71)59-65-35-51(67-59)45-27-23-43(24-28-45)49-31-39-15-19-41(49)21-17-40-16-20-42(22-18-39)50(32-40)44-25-29-46(30-26-44)52-36-66-60(68-52)56-34-48-12-8-10-14-54(48)72(56)62(74)58(38(3)4)70-64(76)78-6/h15-16,19-20,23-32,35-36,47-48,53-58,63,69,75H,1,3,7-14,17-18,21-22,33-34H2,2,4-6H3,(H,65,67)(H,66,68)(H,70,76)/t47-,48-,53-,54-,55-,56-,57-,58-,63?/m0/s1. The lowest BCUT2D eigenvalue weighted by Gasteiger charge is -2.36. The van der Waals surface area contributed by atoms with Crippen molar-refractivity contribution in [2.75, 3.05) is 14.2 Å². The number of carbonyl (C=O) groups is 3. The third-order valence-corrected chi connectivity index (χ3v) is 17.7. The first-order valence-electron chi connectivity index (χ1n) is 28.2. The fourth-order valence-corrected chi connectivity index (χ4v) is 13.6. The second-order valence-electron chi connectivity index (χ2n) is 22.6. The number of methoxy groups -OCH3 is 2. The van der Waals surface area contributed by atoms with Crippen molar-refractivity contribution in [3.8, 4) is 44.8 Å². The first kappa shape index (κ1) is 52.9. The normalized spacial score (nSPS) is 22.9. The van der Waals surface area contributed by atoms with Gasteiger partial charge in [0.25, 0.3) is 0 Å². The lowest BCUT2D eigenvalue weighted by molar-refractivity contribution is -0.143. The number of amides is 3. The van der Waals surface area contributed by atoms with Crippen molar-refractivity contribution >= 4 is 17.9 Å². The molecule has 5 N–H and O–H groups in total. The number of ether oxygens (including phenoxy) is 2. The molecule has 6 aliphatic carbocycles. The van der Waals surface area contributed by atoms with Gasteiger partial charge in [-0.15, -0.1) is 0 Å². The summed E-state index contributed by atoms with van der Waals surface area (Å²) in [7, 11) is 2.70. The number of aliphatic hydroxyl groups is 1. The lowest BCUT2D eigenvalue weighted by atomic mass is 9.84. The van der Waals surface area contributed by atoms with Crippen molar-refractivity contribution in [1.82, 2.24) is 40.4 Å². The summed E-state index contributed by atoms with van der Waals surface area (Å²) < 4.78 is 9.94. The number of carbonyl (C=O) groups excluding carboxylic acids is 3. The Kier molecular flexibility index (Phi) is 15.4. The van der Waals surface area contributed by atoms with Gasteiger partial charge in [0.1, 0.15) is 23.7 Å². The molecule has 4 fully saturated rings. The topological polar surface area (TPSA) is 178 Å². The summed E-state index contributed by atoms with van der Waals surface area (Å²) in [6, 6.07) is 29.5. The monoisotopic (exact) mass is 1050 g/mol. The molecule has 14 rings (SSSR count). The van der Waals surface area contributed by atoms with Gasteiger partial charge in [-0.05, 0) is 140 Å². The molecule has 4 bridgehead atoms. The molecule has 8 aliphatic rings. The molecule has 2 aromatic heterocycles. The van der Waals surface area contributed by atoms with Crippen LogP contribution in [0.1, 0.15) is 124 Å². The van der Waals surface area contributed by atoms with E-state index in [1.54, 1.807) is 13.8 Å². The average Bonchev–Trinajstić information content (AvgIpc) is 4.44. The van der Waals surface area contributed by atoms with E-state index in [1.807, 2.05) is 22.2 Å². The molecule has 78 heavy (non-hydrogen) atoms. The van der Waals surface area contributed by atoms with Gasteiger partial charge in [-0.25, -0.2) is 14.8 Å².